The number of benzene rings is 1. The molecule has 35 heavy (non-hydrogen) atoms. The Morgan fingerprint density at radius 1 is 1.06 bits per heavy atom. The van der Waals surface area contributed by atoms with E-state index in [1.54, 1.807) is 0 Å². The van der Waals surface area contributed by atoms with Crippen molar-refractivity contribution in [1.29, 1.82) is 0 Å². The SMILES string of the molecule is CCCCCCc1cc2c(cc1C#Cc1ccc(CCCCC(=O)OCC)cn1)C(C)(C)CCO2. The molecule has 0 N–H and O–H groups in total. The molecule has 0 unspecified atom stereocenters. The fourth-order valence-corrected chi connectivity index (χ4v) is 4.50. The van der Waals surface area contributed by atoms with Gasteiger partial charge in [0.15, 0.2) is 0 Å². The van der Waals surface area contributed by atoms with Crippen molar-refractivity contribution >= 4 is 5.97 Å². The second kappa shape index (κ2) is 13.3. The van der Waals surface area contributed by atoms with E-state index in [0.717, 1.165) is 55.7 Å². The van der Waals surface area contributed by atoms with Crippen LogP contribution in [0.2, 0.25) is 0 Å². The zero-order valence-corrected chi connectivity index (χ0v) is 22.0. The van der Waals surface area contributed by atoms with Crippen molar-refractivity contribution in [2.24, 2.45) is 0 Å². The second-order valence-electron chi connectivity index (χ2n) is 10.1. The van der Waals surface area contributed by atoms with Gasteiger partial charge < -0.3 is 9.47 Å². The van der Waals surface area contributed by atoms with Gasteiger partial charge in [-0.1, -0.05) is 52.0 Å². The number of hydrogen-bond acceptors (Lipinski definition) is 4. The predicted octanol–water partition coefficient (Wildman–Crippen LogP) is 6.94. The summed E-state index contributed by atoms with van der Waals surface area (Å²) in [5.41, 5.74) is 5.69. The molecule has 1 aliphatic heterocycles. The van der Waals surface area contributed by atoms with Gasteiger partial charge in [0.2, 0.25) is 0 Å². The monoisotopic (exact) mass is 475 g/mol. The average Bonchev–Trinajstić information content (AvgIpc) is 2.84. The molecule has 0 radical (unpaired) electrons. The predicted molar refractivity (Wildman–Crippen MR) is 142 cm³/mol. The van der Waals surface area contributed by atoms with Crippen LogP contribution in [-0.4, -0.2) is 24.2 Å². The van der Waals surface area contributed by atoms with Crippen LogP contribution in [0.4, 0.5) is 0 Å². The van der Waals surface area contributed by atoms with E-state index in [-0.39, 0.29) is 11.4 Å². The van der Waals surface area contributed by atoms with Gasteiger partial charge in [0, 0.05) is 23.7 Å². The summed E-state index contributed by atoms with van der Waals surface area (Å²) in [6.07, 6.45) is 12.0. The van der Waals surface area contributed by atoms with E-state index in [4.69, 9.17) is 9.47 Å². The number of unbranched alkanes of at least 4 members (excludes halogenated alkanes) is 4. The van der Waals surface area contributed by atoms with E-state index in [1.807, 2.05) is 19.2 Å². The fourth-order valence-electron chi connectivity index (χ4n) is 4.50. The molecule has 0 aliphatic carbocycles. The van der Waals surface area contributed by atoms with Crippen molar-refractivity contribution in [1.82, 2.24) is 4.98 Å². The molecule has 1 aromatic heterocycles. The highest BCUT2D eigenvalue weighted by Gasteiger charge is 2.29. The zero-order chi connectivity index (χ0) is 25.1. The molecule has 0 saturated heterocycles. The zero-order valence-electron chi connectivity index (χ0n) is 22.0. The molecule has 0 saturated carbocycles. The molecule has 0 atom stereocenters. The lowest BCUT2D eigenvalue weighted by molar-refractivity contribution is -0.143. The summed E-state index contributed by atoms with van der Waals surface area (Å²) < 4.78 is 11.0. The Labute approximate surface area is 211 Å². The second-order valence-corrected chi connectivity index (χ2v) is 10.1. The lowest BCUT2D eigenvalue weighted by Crippen LogP contribution is -2.27. The average molecular weight is 476 g/mol. The van der Waals surface area contributed by atoms with Crippen molar-refractivity contribution in [3.8, 4) is 17.6 Å². The fraction of sp³-hybridized carbons (Fsp3) is 0.548. The minimum absolute atomic E-state index is 0.0952. The number of ether oxygens (including phenoxy) is 2. The van der Waals surface area contributed by atoms with E-state index in [1.165, 1.54) is 42.4 Å². The largest absolute Gasteiger partial charge is 0.493 e. The maximum Gasteiger partial charge on any atom is 0.305 e. The first-order chi connectivity index (χ1) is 16.9. The van der Waals surface area contributed by atoms with Crippen molar-refractivity contribution in [3.05, 3.63) is 58.4 Å². The van der Waals surface area contributed by atoms with Gasteiger partial charge in [-0.05, 0) is 86.1 Å². The molecule has 4 heteroatoms. The number of carbonyl (C=O) groups excluding carboxylic acids is 1. The highest BCUT2D eigenvalue weighted by atomic mass is 16.5. The molecule has 2 aromatic rings. The van der Waals surface area contributed by atoms with Crippen molar-refractivity contribution in [3.63, 3.8) is 0 Å². The lowest BCUT2D eigenvalue weighted by Gasteiger charge is -2.33. The quantitative estimate of drug-likeness (QED) is 0.201. The Morgan fingerprint density at radius 2 is 1.89 bits per heavy atom. The number of carbonyl (C=O) groups is 1. The van der Waals surface area contributed by atoms with Gasteiger partial charge in [0.25, 0.3) is 0 Å². The highest BCUT2D eigenvalue weighted by Crippen LogP contribution is 2.40. The van der Waals surface area contributed by atoms with Gasteiger partial charge in [0.05, 0.1) is 13.2 Å². The van der Waals surface area contributed by atoms with Gasteiger partial charge in [-0.25, -0.2) is 4.98 Å². The first kappa shape index (κ1) is 26.8. The van der Waals surface area contributed by atoms with E-state index in [9.17, 15) is 4.79 Å². The molecule has 1 aromatic carbocycles. The van der Waals surface area contributed by atoms with Crippen LogP contribution >= 0.6 is 0 Å². The van der Waals surface area contributed by atoms with E-state index in [0.29, 0.717) is 13.0 Å². The van der Waals surface area contributed by atoms with Gasteiger partial charge in [-0.15, -0.1) is 0 Å². The van der Waals surface area contributed by atoms with Crippen LogP contribution in [-0.2, 0) is 27.8 Å². The van der Waals surface area contributed by atoms with Gasteiger partial charge in [-0.3, -0.25) is 4.79 Å². The Balaban J connectivity index is 1.70. The molecule has 4 nitrogen and oxygen atoms in total. The van der Waals surface area contributed by atoms with Gasteiger partial charge >= 0.3 is 5.97 Å². The van der Waals surface area contributed by atoms with Gasteiger partial charge in [-0.2, -0.15) is 0 Å². The summed E-state index contributed by atoms with van der Waals surface area (Å²) in [5, 5.41) is 0. The van der Waals surface area contributed by atoms with Gasteiger partial charge in [0.1, 0.15) is 11.4 Å². The molecular formula is C31H41NO3. The van der Waals surface area contributed by atoms with E-state index < -0.39 is 0 Å². The van der Waals surface area contributed by atoms with Crippen LogP contribution < -0.4 is 4.74 Å². The van der Waals surface area contributed by atoms with Crippen LogP contribution in [0.5, 0.6) is 5.75 Å². The summed E-state index contributed by atoms with van der Waals surface area (Å²) in [7, 11) is 0. The van der Waals surface area contributed by atoms with E-state index in [2.05, 4.69) is 55.8 Å². The Kier molecular flexibility index (Phi) is 10.2. The van der Waals surface area contributed by atoms with Crippen LogP contribution in [0.15, 0.2) is 30.5 Å². The number of fused-ring (bicyclic) bond motifs is 1. The standard InChI is InChI=1S/C31H41NO3/c1-5-7-8-9-13-25-22-29-28(31(3,4)19-20-35-29)21-26(25)16-18-27-17-15-24(23-32-27)12-10-11-14-30(33)34-6-2/h15,17,21-23H,5-14,19-20H2,1-4H3. The minimum atomic E-state index is -0.113. The van der Waals surface area contributed by atoms with Crippen LogP contribution in [0.1, 0.15) is 107 Å². The third-order valence-corrected chi connectivity index (χ3v) is 6.77. The third kappa shape index (κ3) is 8.13. The molecule has 0 amide bonds. The minimum Gasteiger partial charge on any atom is -0.493 e. The number of esters is 1. The third-order valence-electron chi connectivity index (χ3n) is 6.77. The number of pyridine rings is 1. The molecule has 1 aliphatic rings. The number of hydrogen-bond donors (Lipinski definition) is 0. The number of aryl methyl sites for hydroxylation is 2. The maximum atomic E-state index is 11.5. The first-order valence-corrected chi connectivity index (χ1v) is 13.4. The molecule has 2 heterocycles. The molecule has 3 rings (SSSR count). The summed E-state index contributed by atoms with van der Waals surface area (Å²) in [4.78, 5) is 16.0. The lowest BCUT2D eigenvalue weighted by atomic mass is 9.78. The molecule has 188 valence electrons. The highest BCUT2D eigenvalue weighted by molar-refractivity contribution is 5.69. The number of aromatic nitrogens is 1. The Bertz CT molecular complexity index is 1030. The first-order valence-electron chi connectivity index (χ1n) is 13.4. The van der Waals surface area contributed by atoms with Crippen molar-refractivity contribution in [2.75, 3.05) is 13.2 Å². The van der Waals surface area contributed by atoms with Crippen LogP contribution in [0.25, 0.3) is 0 Å². The molecule has 0 bridgehead atoms. The smallest absolute Gasteiger partial charge is 0.305 e. The normalized spacial score (nSPS) is 13.8. The molecular weight excluding hydrogens is 434 g/mol. The summed E-state index contributed by atoms with van der Waals surface area (Å²) >= 11 is 0. The molecule has 0 fully saturated rings. The van der Waals surface area contributed by atoms with Crippen molar-refractivity contribution < 1.29 is 14.3 Å². The number of nitrogens with zero attached hydrogens (tertiary/aromatic N) is 1. The van der Waals surface area contributed by atoms with E-state index >= 15 is 0 Å². The summed E-state index contributed by atoms with van der Waals surface area (Å²) in [5.74, 6) is 7.65. The topological polar surface area (TPSA) is 48.4 Å². The van der Waals surface area contributed by atoms with Crippen LogP contribution in [0.3, 0.4) is 0 Å². The Morgan fingerprint density at radius 3 is 2.63 bits per heavy atom. The molecule has 0 spiro atoms. The maximum absolute atomic E-state index is 11.5. The van der Waals surface area contributed by atoms with Crippen molar-refractivity contribution in [2.45, 2.75) is 97.3 Å². The number of rotatable bonds is 11. The Hall–Kier alpha value is -2.80. The summed E-state index contributed by atoms with van der Waals surface area (Å²) in [6.45, 7) is 9.89. The summed E-state index contributed by atoms with van der Waals surface area (Å²) in [6, 6.07) is 8.59. The van der Waals surface area contributed by atoms with Crippen LogP contribution in [0, 0.1) is 11.8 Å².